The number of fused-ring (bicyclic) bond motifs is 1. The number of H-pyrrole nitrogens is 1. The van der Waals surface area contributed by atoms with Crippen LogP contribution in [0.4, 0.5) is 0 Å². The third kappa shape index (κ3) is 4.75. The maximum Gasteiger partial charge on any atom is 0.266 e. The summed E-state index contributed by atoms with van der Waals surface area (Å²) < 4.78 is 7.42. The van der Waals surface area contributed by atoms with Crippen LogP contribution < -0.4 is 10.3 Å². The highest BCUT2D eigenvalue weighted by atomic mass is 35.5. The monoisotopic (exact) mass is 443 g/mol. The van der Waals surface area contributed by atoms with Gasteiger partial charge in [-0.3, -0.25) is 19.6 Å². The normalized spacial score (nSPS) is 14.9. The molecule has 3 heterocycles. The molecule has 2 aromatic heterocycles. The van der Waals surface area contributed by atoms with Gasteiger partial charge in [0.05, 0.1) is 11.4 Å². The number of nitrogens with zero attached hydrogens (tertiary/aromatic N) is 4. The third-order valence-corrected chi connectivity index (χ3v) is 6.07. The zero-order valence-electron chi connectivity index (χ0n) is 17.7. The van der Waals surface area contributed by atoms with E-state index in [2.05, 4.69) is 15.0 Å². The van der Waals surface area contributed by atoms with Crippen LogP contribution in [0.15, 0.2) is 35.1 Å². The maximum absolute atomic E-state index is 12.9. The minimum absolute atomic E-state index is 0.0776. The third-order valence-electron chi connectivity index (χ3n) is 5.76. The molecule has 0 unspecified atom stereocenters. The molecule has 1 aromatic carbocycles. The van der Waals surface area contributed by atoms with Crippen LogP contribution in [0.25, 0.3) is 5.65 Å². The second-order valence-electron chi connectivity index (χ2n) is 7.75. The number of halogens is 1. The van der Waals surface area contributed by atoms with Crippen molar-refractivity contribution in [2.24, 2.45) is 0 Å². The van der Waals surface area contributed by atoms with Gasteiger partial charge in [0.25, 0.3) is 5.56 Å². The number of aromatic nitrogens is 3. The van der Waals surface area contributed by atoms with E-state index < -0.39 is 0 Å². The molecule has 1 amide bonds. The van der Waals surface area contributed by atoms with Gasteiger partial charge < -0.3 is 9.64 Å². The summed E-state index contributed by atoms with van der Waals surface area (Å²) in [4.78, 5) is 33.2. The largest absolute Gasteiger partial charge is 0.491 e. The highest BCUT2D eigenvalue weighted by Crippen LogP contribution is 2.23. The number of amides is 1. The second-order valence-corrected chi connectivity index (χ2v) is 8.16. The molecule has 1 fully saturated rings. The van der Waals surface area contributed by atoms with Crippen LogP contribution in [0, 0.1) is 13.8 Å². The lowest BCUT2D eigenvalue weighted by molar-refractivity contribution is -0.132. The number of benzene rings is 1. The molecule has 1 N–H and O–H groups in total. The van der Waals surface area contributed by atoms with Gasteiger partial charge >= 0.3 is 0 Å². The fourth-order valence-corrected chi connectivity index (χ4v) is 4.13. The Morgan fingerprint density at radius 1 is 1.19 bits per heavy atom. The van der Waals surface area contributed by atoms with E-state index in [1.54, 1.807) is 4.52 Å². The van der Waals surface area contributed by atoms with Crippen molar-refractivity contribution in [3.8, 4) is 5.75 Å². The molecule has 4 rings (SSSR count). The molecule has 3 aromatic rings. The van der Waals surface area contributed by atoms with Crippen molar-refractivity contribution in [2.45, 2.75) is 20.3 Å². The van der Waals surface area contributed by atoms with Gasteiger partial charge in [-0.15, -0.1) is 0 Å². The van der Waals surface area contributed by atoms with Crippen molar-refractivity contribution in [3.63, 3.8) is 0 Å². The van der Waals surface area contributed by atoms with E-state index in [-0.39, 0.29) is 17.9 Å². The van der Waals surface area contributed by atoms with Crippen molar-refractivity contribution < 1.29 is 9.53 Å². The summed E-state index contributed by atoms with van der Waals surface area (Å²) in [6.07, 6.45) is 0.274. The van der Waals surface area contributed by atoms with E-state index in [0.717, 1.165) is 36.6 Å². The minimum atomic E-state index is -0.201. The molecule has 1 aliphatic heterocycles. The van der Waals surface area contributed by atoms with E-state index in [0.29, 0.717) is 36.1 Å². The van der Waals surface area contributed by atoms with Gasteiger partial charge in [0.2, 0.25) is 5.91 Å². The molecule has 0 bridgehead atoms. The highest BCUT2D eigenvalue weighted by Gasteiger charge is 2.23. The Labute approximate surface area is 185 Å². The van der Waals surface area contributed by atoms with Gasteiger partial charge in [-0.2, -0.15) is 0 Å². The lowest BCUT2D eigenvalue weighted by Crippen LogP contribution is -2.50. The Balaban J connectivity index is 1.30. The van der Waals surface area contributed by atoms with Crippen LogP contribution in [0.5, 0.6) is 5.75 Å². The predicted molar refractivity (Wildman–Crippen MR) is 119 cm³/mol. The van der Waals surface area contributed by atoms with Crippen molar-refractivity contribution in [2.75, 3.05) is 39.3 Å². The number of nitrogens with one attached hydrogen (secondary N) is 1. The molecule has 1 saturated heterocycles. The van der Waals surface area contributed by atoms with Crippen molar-refractivity contribution in [3.05, 3.63) is 62.7 Å². The summed E-state index contributed by atoms with van der Waals surface area (Å²) in [5.41, 5.74) is 2.85. The molecular formula is C22H26ClN5O3. The molecular weight excluding hydrogens is 418 g/mol. The number of rotatable bonds is 6. The van der Waals surface area contributed by atoms with E-state index in [1.165, 1.54) is 6.07 Å². The Morgan fingerprint density at radius 3 is 2.68 bits per heavy atom. The lowest BCUT2D eigenvalue weighted by atomic mass is 10.1. The molecule has 8 nitrogen and oxygen atoms in total. The van der Waals surface area contributed by atoms with Crippen LogP contribution in [-0.4, -0.2) is 69.6 Å². The first-order valence-electron chi connectivity index (χ1n) is 10.4. The molecule has 164 valence electrons. The zero-order valence-corrected chi connectivity index (χ0v) is 18.5. The number of para-hydroxylation sites is 1. The number of aryl methyl sites for hydroxylation is 2. The van der Waals surface area contributed by atoms with Gasteiger partial charge in [-0.05, 0) is 26.0 Å². The van der Waals surface area contributed by atoms with Gasteiger partial charge in [0, 0.05) is 55.7 Å². The summed E-state index contributed by atoms with van der Waals surface area (Å²) in [6, 6.07) is 8.90. The SMILES string of the molecule is Cc1nc2cc(=O)[nH]n2c(C)c1CC(=O)N1CCN(CCOc2ccccc2Cl)CC1. The number of piperazine rings is 1. The molecule has 0 atom stereocenters. The van der Waals surface area contributed by atoms with E-state index in [9.17, 15) is 9.59 Å². The standard InChI is InChI=1S/C22H26ClN5O3/c1-15-17(16(2)28-20(24-15)14-21(29)25-28)13-22(30)27-9-7-26(8-10-27)11-12-31-19-6-4-3-5-18(19)23/h3-6,14H,7-13H2,1-2H3,(H,25,29). The first kappa shape index (κ1) is 21.4. The Kier molecular flexibility index (Phi) is 6.29. The van der Waals surface area contributed by atoms with Gasteiger partial charge in [0.1, 0.15) is 12.4 Å². The first-order valence-corrected chi connectivity index (χ1v) is 10.8. The molecule has 0 aliphatic carbocycles. The molecule has 0 saturated carbocycles. The summed E-state index contributed by atoms with van der Waals surface area (Å²) in [7, 11) is 0. The van der Waals surface area contributed by atoms with Gasteiger partial charge in [-0.1, -0.05) is 23.7 Å². The number of hydrogen-bond donors (Lipinski definition) is 1. The summed E-state index contributed by atoms with van der Waals surface area (Å²) in [6.45, 7) is 8.08. The molecule has 1 aliphatic rings. The topological polar surface area (TPSA) is 82.9 Å². The fraction of sp³-hybridized carbons (Fsp3) is 0.409. The van der Waals surface area contributed by atoms with E-state index in [1.807, 2.05) is 43.0 Å². The Morgan fingerprint density at radius 2 is 1.94 bits per heavy atom. The summed E-state index contributed by atoms with van der Waals surface area (Å²) in [5, 5.41) is 3.35. The fourth-order valence-electron chi connectivity index (χ4n) is 3.94. The second kappa shape index (κ2) is 9.11. The average Bonchev–Trinajstić information content (AvgIpc) is 3.13. The lowest BCUT2D eigenvalue weighted by Gasteiger charge is -2.34. The Bertz CT molecular complexity index is 1150. The first-order chi connectivity index (χ1) is 14.9. The smallest absolute Gasteiger partial charge is 0.266 e. The van der Waals surface area contributed by atoms with Crippen LogP contribution >= 0.6 is 11.6 Å². The van der Waals surface area contributed by atoms with Crippen molar-refractivity contribution >= 4 is 23.2 Å². The Hall–Kier alpha value is -2.84. The molecule has 31 heavy (non-hydrogen) atoms. The maximum atomic E-state index is 12.9. The molecule has 0 spiro atoms. The minimum Gasteiger partial charge on any atom is -0.491 e. The molecule has 9 heteroatoms. The summed E-state index contributed by atoms with van der Waals surface area (Å²) >= 11 is 6.12. The van der Waals surface area contributed by atoms with Crippen LogP contribution in [0.3, 0.4) is 0 Å². The highest BCUT2D eigenvalue weighted by molar-refractivity contribution is 6.32. The van der Waals surface area contributed by atoms with Gasteiger partial charge in [0.15, 0.2) is 5.65 Å². The summed E-state index contributed by atoms with van der Waals surface area (Å²) in [5.74, 6) is 0.771. The zero-order chi connectivity index (χ0) is 22.0. The average molecular weight is 444 g/mol. The van der Waals surface area contributed by atoms with Crippen molar-refractivity contribution in [1.82, 2.24) is 24.4 Å². The van der Waals surface area contributed by atoms with Crippen LogP contribution in [-0.2, 0) is 11.2 Å². The number of ether oxygens (including phenoxy) is 1. The predicted octanol–water partition coefficient (Wildman–Crippen LogP) is 2.06. The quantitative estimate of drug-likeness (QED) is 0.630. The number of carbonyl (C=O) groups is 1. The van der Waals surface area contributed by atoms with Crippen molar-refractivity contribution in [1.29, 1.82) is 0 Å². The number of hydrogen-bond acceptors (Lipinski definition) is 5. The number of aromatic amines is 1. The van der Waals surface area contributed by atoms with Gasteiger partial charge in [-0.25, -0.2) is 9.50 Å². The molecule has 0 radical (unpaired) electrons. The van der Waals surface area contributed by atoms with Crippen LogP contribution in [0.1, 0.15) is 17.0 Å². The number of carbonyl (C=O) groups excluding carboxylic acids is 1. The van der Waals surface area contributed by atoms with E-state index in [4.69, 9.17) is 16.3 Å². The van der Waals surface area contributed by atoms with Crippen LogP contribution in [0.2, 0.25) is 5.02 Å². The van der Waals surface area contributed by atoms with E-state index >= 15 is 0 Å².